The van der Waals surface area contributed by atoms with E-state index in [1.165, 1.54) is 7.11 Å². The van der Waals surface area contributed by atoms with Crippen molar-refractivity contribution in [2.24, 2.45) is 4.99 Å². The minimum Gasteiger partial charge on any atom is -0.450 e. The van der Waals surface area contributed by atoms with Crippen LogP contribution < -0.4 is 0 Å². The zero-order valence-electron chi connectivity index (χ0n) is 8.66. The fraction of sp³-hybridized carbons (Fsp3) is 0.889. The van der Waals surface area contributed by atoms with Gasteiger partial charge in [0.1, 0.15) is 24.4 Å². The second-order valence-electron chi connectivity index (χ2n) is 3.67. The van der Waals surface area contributed by atoms with Gasteiger partial charge in [-0.25, -0.2) is 4.99 Å². The molecule has 15 heavy (non-hydrogen) atoms. The number of ether oxygens (including phenoxy) is 3. The minimum absolute atomic E-state index is 0.221. The molecule has 1 saturated heterocycles. The maximum Gasteiger partial charge on any atom is 0.227 e. The van der Waals surface area contributed by atoms with Crippen molar-refractivity contribution in [2.45, 2.75) is 37.6 Å². The molecule has 6 heteroatoms. The van der Waals surface area contributed by atoms with Crippen molar-refractivity contribution in [3.05, 3.63) is 0 Å². The SMILES string of the molecule is CO[C@@H]1C(CO)O[C@H]2OC(C)=N[C@H]2C1O. The summed E-state index contributed by atoms with van der Waals surface area (Å²) >= 11 is 0. The van der Waals surface area contributed by atoms with Crippen molar-refractivity contribution in [3.8, 4) is 0 Å². The fourth-order valence-corrected chi connectivity index (χ4v) is 1.99. The maximum absolute atomic E-state index is 9.96. The van der Waals surface area contributed by atoms with Crippen molar-refractivity contribution in [2.75, 3.05) is 13.7 Å². The normalized spacial score (nSPS) is 44.5. The van der Waals surface area contributed by atoms with Crippen LogP contribution in [0.1, 0.15) is 6.92 Å². The molecule has 2 aliphatic rings. The van der Waals surface area contributed by atoms with Crippen LogP contribution in [0.5, 0.6) is 0 Å². The van der Waals surface area contributed by atoms with Gasteiger partial charge >= 0.3 is 0 Å². The van der Waals surface area contributed by atoms with Crippen LogP contribution >= 0.6 is 0 Å². The number of aliphatic hydroxyl groups excluding tert-OH is 2. The molecule has 2 aliphatic heterocycles. The zero-order chi connectivity index (χ0) is 11.0. The van der Waals surface area contributed by atoms with E-state index >= 15 is 0 Å². The Morgan fingerprint density at radius 2 is 2.27 bits per heavy atom. The molecule has 2 N–H and O–H groups in total. The number of methoxy groups -OCH3 is 1. The molecule has 0 aromatic heterocycles. The summed E-state index contributed by atoms with van der Waals surface area (Å²) in [5.41, 5.74) is 0. The first-order valence-corrected chi connectivity index (χ1v) is 4.85. The molecule has 2 heterocycles. The van der Waals surface area contributed by atoms with Crippen LogP contribution in [0.4, 0.5) is 0 Å². The third-order valence-corrected chi connectivity index (χ3v) is 2.71. The van der Waals surface area contributed by atoms with E-state index < -0.39 is 30.6 Å². The number of nitrogens with zero attached hydrogens (tertiary/aromatic N) is 1. The van der Waals surface area contributed by atoms with Crippen LogP contribution in [0, 0.1) is 0 Å². The highest BCUT2D eigenvalue weighted by atomic mass is 16.7. The first kappa shape index (κ1) is 10.8. The van der Waals surface area contributed by atoms with Gasteiger partial charge in [0.25, 0.3) is 0 Å². The van der Waals surface area contributed by atoms with Gasteiger partial charge in [-0.3, -0.25) is 0 Å². The highest BCUT2D eigenvalue weighted by molar-refractivity contribution is 5.75. The average molecular weight is 217 g/mol. The Morgan fingerprint density at radius 3 is 2.87 bits per heavy atom. The number of aliphatic imine (C=N–C) groups is 1. The highest BCUT2D eigenvalue weighted by Gasteiger charge is 2.49. The average Bonchev–Trinajstić information content (AvgIpc) is 2.59. The summed E-state index contributed by atoms with van der Waals surface area (Å²) in [6.45, 7) is 1.48. The topological polar surface area (TPSA) is 80.5 Å². The number of hydrogen-bond donors (Lipinski definition) is 2. The van der Waals surface area contributed by atoms with Crippen molar-refractivity contribution < 1.29 is 24.4 Å². The number of hydrogen-bond acceptors (Lipinski definition) is 6. The number of rotatable bonds is 2. The van der Waals surface area contributed by atoms with Crippen LogP contribution in [0.15, 0.2) is 4.99 Å². The molecule has 0 aliphatic carbocycles. The predicted molar refractivity (Wildman–Crippen MR) is 50.5 cm³/mol. The molecule has 0 amide bonds. The van der Waals surface area contributed by atoms with Crippen molar-refractivity contribution >= 4 is 5.90 Å². The first-order chi connectivity index (χ1) is 7.17. The second-order valence-corrected chi connectivity index (χ2v) is 3.67. The lowest BCUT2D eigenvalue weighted by Gasteiger charge is -2.38. The molecule has 2 rings (SSSR count). The van der Waals surface area contributed by atoms with Crippen LogP contribution in [-0.4, -0.2) is 60.5 Å². The molecule has 0 saturated carbocycles. The standard InChI is InChI=1S/C9H15NO5/c1-4-10-6-7(12)8(13-2)5(3-11)15-9(6)14-4/h5-9,11-12H,3H2,1-2H3/t5?,6-,7?,8+,9+/m0/s1. The van der Waals surface area contributed by atoms with Gasteiger partial charge < -0.3 is 24.4 Å². The molecular weight excluding hydrogens is 202 g/mol. The Morgan fingerprint density at radius 1 is 1.53 bits per heavy atom. The molecule has 2 unspecified atom stereocenters. The molecule has 6 nitrogen and oxygen atoms in total. The zero-order valence-corrected chi connectivity index (χ0v) is 8.66. The Bertz CT molecular complexity index is 269. The molecule has 0 aromatic rings. The predicted octanol–water partition coefficient (Wildman–Crippen LogP) is -1.10. The molecule has 0 aromatic carbocycles. The fourth-order valence-electron chi connectivity index (χ4n) is 1.99. The molecule has 0 bridgehead atoms. The Hall–Kier alpha value is -0.690. The quantitative estimate of drug-likeness (QED) is 0.613. The van der Waals surface area contributed by atoms with E-state index in [1.54, 1.807) is 6.92 Å². The van der Waals surface area contributed by atoms with E-state index in [4.69, 9.17) is 19.3 Å². The number of aliphatic hydroxyl groups is 2. The van der Waals surface area contributed by atoms with E-state index in [9.17, 15) is 5.11 Å². The van der Waals surface area contributed by atoms with Crippen molar-refractivity contribution in [3.63, 3.8) is 0 Å². The van der Waals surface area contributed by atoms with Crippen molar-refractivity contribution in [1.29, 1.82) is 0 Å². The van der Waals surface area contributed by atoms with Crippen LogP contribution in [-0.2, 0) is 14.2 Å². The third-order valence-electron chi connectivity index (χ3n) is 2.71. The van der Waals surface area contributed by atoms with E-state index in [2.05, 4.69) is 4.99 Å². The Balaban J connectivity index is 2.16. The van der Waals surface area contributed by atoms with Crippen LogP contribution in [0.3, 0.4) is 0 Å². The summed E-state index contributed by atoms with van der Waals surface area (Å²) in [5, 5.41) is 19.0. The van der Waals surface area contributed by atoms with Gasteiger partial charge in [0.2, 0.25) is 6.29 Å². The van der Waals surface area contributed by atoms with Gasteiger partial charge in [-0.1, -0.05) is 0 Å². The molecule has 0 spiro atoms. The van der Waals surface area contributed by atoms with E-state index in [-0.39, 0.29) is 6.61 Å². The maximum atomic E-state index is 9.96. The number of fused-ring (bicyclic) bond motifs is 1. The second kappa shape index (κ2) is 4.05. The van der Waals surface area contributed by atoms with Gasteiger partial charge in [-0.05, 0) is 0 Å². The summed E-state index contributed by atoms with van der Waals surface area (Å²) in [7, 11) is 1.46. The van der Waals surface area contributed by atoms with E-state index in [0.717, 1.165) is 0 Å². The summed E-state index contributed by atoms with van der Waals surface area (Å²) < 4.78 is 15.8. The van der Waals surface area contributed by atoms with Crippen LogP contribution in [0.2, 0.25) is 0 Å². The first-order valence-electron chi connectivity index (χ1n) is 4.85. The van der Waals surface area contributed by atoms with Gasteiger partial charge in [-0.15, -0.1) is 0 Å². The van der Waals surface area contributed by atoms with Gasteiger partial charge in [-0.2, -0.15) is 0 Å². The Kier molecular flexibility index (Phi) is 2.92. The lowest BCUT2D eigenvalue weighted by Crippen LogP contribution is -2.57. The van der Waals surface area contributed by atoms with Crippen LogP contribution in [0.25, 0.3) is 0 Å². The lowest BCUT2D eigenvalue weighted by molar-refractivity contribution is -0.240. The third kappa shape index (κ3) is 1.74. The van der Waals surface area contributed by atoms with E-state index in [0.29, 0.717) is 5.90 Å². The van der Waals surface area contributed by atoms with Gasteiger partial charge in [0.15, 0.2) is 5.90 Å². The highest BCUT2D eigenvalue weighted by Crippen LogP contribution is 2.29. The summed E-state index contributed by atoms with van der Waals surface area (Å²) in [5.74, 6) is 0.484. The summed E-state index contributed by atoms with van der Waals surface area (Å²) in [6.07, 6.45) is -2.58. The smallest absolute Gasteiger partial charge is 0.227 e. The molecular formula is C9H15NO5. The van der Waals surface area contributed by atoms with Gasteiger partial charge in [0.05, 0.1) is 6.61 Å². The molecule has 1 fully saturated rings. The molecule has 86 valence electrons. The lowest BCUT2D eigenvalue weighted by atomic mass is 9.98. The summed E-state index contributed by atoms with van der Waals surface area (Å²) in [6, 6.07) is -0.460. The van der Waals surface area contributed by atoms with Gasteiger partial charge in [0, 0.05) is 14.0 Å². The molecule has 0 radical (unpaired) electrons. The largest absolute Gasteiger partial charge is 0.450 e. The van der Waals surface area contributed by atoms with E-state index in [1.807, 2.05) is 0 Å². The van der Waals surface area contributed by atoms with Crippen molar-refractivity contribution in [1.82, 2.24) is 0 Å². The minimum atomic E-state index is -0.816. The Labute approximate surface area is 87.5 Å². The molecule has 5 atom stereocenters. The summed E-state index contributed by atoms with van der Waals surface area (Å²) in [4.78, 5) is 4.12. The monoisotopic (exact) mass is 217 g/mol.